The van der Waals surface area contributed by atoms with Crippen molar-refractivity contribution in [2.45, 2.75) is 19.0 Å². The number of hydrogen-bond acceptors (Lipinski definition) is 4. The molecule has 1 aromatic heterocycles. The number of hydrogen-bond donors (Lipinski definition) is 2. The highest BCUT2D eigenvalue weighted by atomic mass is 32.2. The van der Waals surface area contributed by atoms with Crippen molar-refractivity contribution in [1.29, 1.82) is 0 Å². The number of nitrogens with one attached hydrogen (secondary N) is 2. The molecule has 0 spiro atoms. The van der Waals surface area contributed by atoms with Crippen molar-refractivity contribution in [2.75, 3.05) is 11.1 Å². The molecule has 3 rings (SSSR count). The van der Waals surface area contributed by atoms with Crippen molar-refractivity contribution >= 4 is 23.4 Å². The molecule has 0 radical (unpaired) electrons. The average molecular weight is 356 g/mol. The molecule has 2 aromatic carbocycles. The molecule has 5 nitrogen and oxygen atoms in total. The molecule has 3 aromatic rings. The van der Waals surface area contributed by atoms with Crippen LogP contribution in [0.15, 0.2) is 47.6 Å². The van der Waals surface area contributed by atoms with Crippen LogP contribution in [-0.4, -0.2) is 26.8 Å². The van der Waals surface area contributed by atoms with Gasteiger partial charge in [-0.2, -0.15) is 0 Å². The summed E-state index contributed by atoms with van der Waals surface area (Å²) < 4.78 is 13.7. The van der Waals surface area contributed by atoms with E-state index in [-0.39, 0.29) is 17.5 Å². The Labute approximate surface area is 149 Å². The predicted octanol–water partition coefficient (Wildman–Crippen LogP) is 3.96. The second-order valence-corrected chi connectivity index (χ2v) is 6.52. The summed E-state index contributed by atoms with van der Waals surface area (Å²) in [4.78, 5) is 16.3. The van der Waals surface area contributed by atoms with Gasteiger partial charge in [-0.1, -0.05) is 30.0 Å². The zero-order valence-corrected chi connectivity index (χ0v) is 14.7. The Morgan fingerprint density at radius 1 is 1.20 bits per heavy atom. The molecule has 0 aliphatic heterocycles. The van der Waals surface area contributed by atoms with Gasteiger partial charge in [0.15, 0.2) is 5.82 Å². The van der Waals surface area contributed by atoms with Crippen molar-refractivity contribution < 1.29 is 9.18 Å². The first-order chi connectivity index (χ1) is 12.0. The van der Waals surface area contributed by atoms with Gasteiger partial charge in [-0.25, -0.2) is 9.37 Å². The monoisotopic (exact) mass is 356 g/mol. The lowest BCUT2D eigenvalue weighted by molar-refractivity contribution is -0.113. The van der Waals surface area contributed by atoms with Crippen LogP contribution in [0.4, 0.5) is 10.1 Å². The van der Waals surface area contributed by atoms with E-state index in [2.05, 4.69) is 20.5 Å². The number of amides is 1. The number of carbonyl (C=O) groups is 1. The van der Waals surface area contributed by atoms with Gasteiger partial charge in [0, 0.05) is 5.69 Å². The minimum absolute atomic E-state index is 0.148. The Morgan fingerprint density at radius 3 is 2.76 bits per heavy atom. The third-order valence-corrected chi connectivity index (χ3v) is 4.56. The van der Waals surface area contributed by atoms with E-state index in [0.717, 1.165) is 11.3 Å². The maximum atomic E-state index is 13.7. The number of halogens is 1. The van der Waals surface area contributed by atoms with E-state index in [1.807, 2.05) is 32.0 Å². The van der Waals surface area contributed by atoms with Crippen LogP contribution in [0.5, 0.6) is 0 Å². The molecule has 0 saturated heterocycles. The van der Waals surface area contributed by atoms with Crippen molar-refractivity contribution in [3.63, 3.8) is 0 Å². The third-order valence-electron chi connectivity index (χ3n) is 3.72. The molecule has 0 saturated carbocycles. The fourth-order valence-electron chi connectivity index (χ4n) is 2.23. The first kappa shape index (κ1) is 17.2. The number of aromatic amines is 1. The number of carbonyl (C=O) groups excluding carboxylic acids is 1. The van der Waals surface area contributed by atoms with E-state index in [9.17, 15) is 9.18 Å². The molecule has 0 aliphatic rings. The third kappa shape index (κ3) is 4.24. The number of rotatable bonds is 5. The van der Waals surface area contributed by atoms with E-state index < -0.39 is 0 Å². The minimum atomic E-state index is -0.373. The molecular weight excluding hydrogens is 339 g/mol. The van der Waals surface area contributed by atoms with E-state index in [1.54, 1.807) is 18.2 Å². The number of H-pyrrole nitrogens is 1. The molecule has 0 atom stereocenters. The van der Waals surface area contributed by atoms with Crippen LogP contribution in [0.1, 0.15) is 11.1 Å². The average Bonchev–Trinajstić information content (AvgIpc) is 3.05. The SMILES string of the molecule is Cc1ccc(NC(=O)CSc2n[nH]c(-c3ccccc3F)n2)cc1C. The Hall–Kier alpha value is -2.67. The van der Waals surface area contributed by atoms with Gasteiger partial charge in [-0.15, -0.1) is 5.10 Å². The topological polar surface area (TPSA) is 70.7 Å². The molecular formula is C18H17FN4OS. The summed E-state index contributed by atoms with van der Waals surface area (Å²) in [6.45, 7) is 4.02. The van der Waals surface area contributed by atoms with Crippen molar-refractivity contribution in [2.24, 2.45) is 0 Å². The molecule has 0 unspecified atom stereocenters. The lowest BCUT2D eigenvalue weighted by Gasteiger charge is -2.06. The van der Waals surface area contributed by atoms with Gasteiger partial charge in [0.2, 0.25) is 11.1 Å². The molecule has 0 bridgehead atoms. The molecule has 7 heteroatoms. The highest BCUT2D eigenvalue weighted by molar-refractivity contribution is 7.99. The van der Waals surface area contributed by atoms with Crippen molar-refractivity contribution in [3.05, 3.63) is 59.4 Å². The van der Waals surface area contributed by atoms with Crippen molar-refractivity contribution in [1.82, 2.24) is 15.2 Å². The minimum Gasteiger partial charge on any atom is -0.325 e. The summed E-state index contributed by atoms with van der Waals surface area (Å²) in [7, 11) is 0. The van der Waals surface area contributed by atoms with Gasteiger partial charge in [0.1, 0.15) is 5.82 Å². The molecule has 25 heavy (non-hydrogen) atoms. The zero-order valence-electron chi connectivity index (χ0n) is 13.8. The highest BCUT2D eigenvalue weighted by Gasteiger charge is 2.12. The van der Waals surface area contributed by atoms with Crippen LogP contribution >= 0.6 is 11.8 Å². The number of nitrogens with zero attached hydrogens (tertiary/aromatic N) is 2. The summed E-state index contributed by atoms with van der Waals surface area (Å²) in [5, 5.41) is 9.95. The second kappa shape index (κ2) is 7.48. The fourth-order valence-corrected chi connectivity index (χ4v) is 2.83. The lowest BCUT2D eigenvalue weighted by atomic mass is 10.1. The number of benzene rings is 2. The standard InChI is InChI=1S/C18H17FN4OS/c1-11-7-8-13(9-12(11)2)20-16(24)10-25-18-21-17(22-23-18)14-5-3-4-6-15(14)19/h3-9H,10H2,1-2H3,(H,20,24)(H,21,22,23). The second-order valence-electron chi connectivity index (χ2n) is 5.58. The van der Waals surface area contributed by atoms with Gasteiger partial charge in [-0.05, 0) is 49.2 Å². The maximum absolute atomic E-state index is 13.7. The van der Waals surface area contributed by atoms with Crippen LogP contribution < -0.4 is 5.32 Å². The Bertz CT molecular complexity index is 910. The van der Waals surface area contributed by atoms with Gasteiger partial charge < -0.3 is 5.32 Å². The van der Waals surface area contributed by atoms with Crippen LogP contribution in [-0.2, 0) is 4.79 Å². The summed E-state index contributed by atoms with van der Waals surface area (Å²) in [6.07, 6.45) is 0. The normalized spacial score (nSPS) is 10.7. The quantitative estimate of drug-likeness (QED) is 0.679. The molecule has 2 N–H and O–H groups in total. The predicted molar refractivity (Wildman–Crippen MR) is 97.0 cm³/mol. The van der Waals surface area contributed by atoms with Crippen molar-refractivity contribution in [3.8, 4) is 11.4 Å². The molecule has 1 heterocycles. The van der Waals surface area contributed by atoms with Crippen LogP contribution in [0.25, 0.3) is 11.4 Å². The summed E-state index contributed by atoms with van der Waals surface area (Å²) in [6, 6.07) is 12.1. The molecule has 1 amide bonds. The summed E-state index contributed by atoms with van der Waals surface area (Å²) in [5.41, 5.74) is 3.40. The molecule has 0 fully saturated rings. The largest absolute Gasteiger partial charge is 0.325 e. The maximum Gasteiger partial charge on any atom is 0.234 e. The lowest BCUT2D eigenvalue weighted by Crippen LogP contribution is -2.14. The Balaban J connectivity index is 1.59. The van der Waals surface area contributed by atoms with E-state index in [4.69, 9.17) is 0 Å². The van der Waals surface area contributed by atoms with E-state index >= 15 is 0 Å². The molecule has 128 valence electrons. The first-order valence-electron chi connectivity index (χ1n) is 7.70. The van der Waals surface area contributed by atoms with E-state index in [1.165, 1.54) is 23.4 Å². The van der Waals surface area contributed by atoms with Gasteiger partial charge >= 0.3 is 0 Å². The van der Waals surface area contributed by atoms with Gasteiger partial charge in [-0.3, -0.25) is 9.89 Å². The summed E-state index contributed by atoms with van der Waals surface area (Å²) >= 11 is 1.19. The van der Waals surface area contributed by atoms with Gasteiger partial charge in [0.05, 0.1) is 11.3 Å². The number of aromatic nitrogens is 3. The molecule has 0 aliphatic carbocycles. The fraction of sp³-hybridized carbons (Fsp3) is 0.167. The Kier molecular flexibility index (Phi) is 5.14. The van der Waals surface area contributed by atoms with Crippen LogP contribution in [0, 0.1) is 19.7 Å². The first-order valence-corrected chi connectivity index (χ1v) is 8.68. The number of thioether (sulfide) groups is 1. The van der Waals surface area contributed by atoms with Gasteiger partial charge in [0.25, 0.3) is 0 Å². The number of anilines is 1. The Morgan fingerprint density at radius 2 is 2.00 bits per heavy atom. The summed E-state index contributed by atoms with van der Waals surface area (Å²) in [5.74, 6) is -0.00931. The highest BCUT2D eigenvalue weighted by Crippen LogP contribution is 2.22. The van der Waals surface area contributed by atoms with Crippen LogP contribution in [0.2, 0.25) is 0 Å². The van der Waals surface area contributed by atoms with Crippen LogP contribution in [0.3, 0.4) is 0 Å². The number of aryl methyl sites for hydroxylation is 2. The smallest absolute Gasteiger partial charge is 0.234 e. The van der Waals surface area contributed by atoms with E-state index in [0.29, 0.717) is 16.5 Å². The zero-order chi connectivity index (χ0) is 17.8.